The third-order valence-corrected chi connectivity index (χ3v) is 4.60. The number of hydrogen-bond donors (Lipinski definition) is 0. The number of carbonyl (C=O) groups is 1. The maximum absolute atomic E-state index is 11.2. The molecule has 0 amide bonds. The van der Waals surface area contributed by atoms with Gasteiger partial charge in [-0.3, -0.25) is 9.69 Å². The third kappa shape index (κ3) is 2.49. The van der Waals surface area contributed by atoms with Gasteiger partial charge in [-0.2, -0.15) is 0 Å². The molecule has 102 valence electrons. The Morgan fingerprint density at radius 2 is 2.11 bits per heavy atom. The van der Waals surface area contributed by atoms with Crippen molar-refractivity contribution in [2.45, 2.75) is 25.3 Å². The molecule has 2 aliphatic rings. The van der Waals surface area contributed by atoms with Gasteiger partial charge < -0.3 is 4.90 Å². The molecule has 0 N–H and O–H groups in total. The minimum absolute atomic E-state index is 0.623. The van der Waals surface area contributed by atoms with E-state index in [4.69, 9.17) is 11.6 Å². The van der Waals surface area contributed by atoms with Crippen molar-refractivity contribution < 1.29 is 4.79 Å². The molecule has 19 heavy (non-hydrogen) atoms. The van der Waals surface area contributed by atoms with Gasteiger partial charge in [0.2, 0.25) is 0 Å². The highest BCUT2D eigenvalue weighted by Gasteiger charge is 2.30. The SMILES string of the molecule is O=Cc1cccc(Cl)c1N1CCN2CCCCC2C1. The molecule has 0 aliphatic carbocycles. The lowest BCUT2D eigenvalue weighted by Crippen LogP contribution is -2.55. The minimum atomic E-state index is 0.623. The molecule has 0 aromatic heterocycles. The molecular formula is C15H19ClN2O. The monoisotopic (exact) mass is 278 g/mol. The summed E-state index contributed by atoms with van der Waals surface area (Å²) >= 11 is 6.30. The van der Waals surface area contributed by atoms with Crippen molar-refractivity contribution in [2.24, 2.45) is 0 Å². The lowest BCUT2D eigenvalue weighted by molar-refractivity contribution is 0.112. The molecule has 0 spiro atoms. The fourth-order valence-electron chi connectivity index (χ4n) is 3.32. The molecule has 1 aromatic rings. The number of hydrogen-bond acceptors (Lipinski definition) is 3. The van der Waals surface area contributed by atoms with Gasteiger partial charge >= 0.3 is 0 Å². The van der Waals surface area contributed by atoms with Crippen molar-refractivity contribution in [3.63, 3.8) is 0 Å². The van der Waals surface area contributed by atoms with Crippen LogP contribution in [0.4, 0.5) is 5.69 Å². The lowest BCUT2D eigenvalue weighted by atomic mass is 9.98. The van der Waals surface area contributed by atoms with Crippen LogP contribution in [0.2, 0.25) is 5.02 Å². The van der Waals surface area contributed by atoms with E-state index in [-0.39, 0.29) is 0 Å². The van der Waals surface area contributed by atoms with Crippen molar-refractivity contribution in [2.75, 3.05) is 31.1 Å². The van der Waals surface area contributed by atoms with E-state index < -0.39 is 0 Å². The van der Waals surface area contributed by atoms with Crippen molar-refractivity contribution in [1.82, 2.24) is 4.90 Å². The summed E-state index contributed by atoms with van der Waals surface area (Å²) in [5.41, 5.74) is 1.63. The Balaban J connectivity index is 1.85. The molecule has 3 rings (SSSR count). The smallest absolute Gasteiger partial charge is 0.152 e. The number of rotatable bonds is 2. The maximum atomic E-state index is 11.2. The first-order valence-electron chi connectivity index (χ1n) is 7.02. The van der Waals surface area contributed by atoms with Gasteiger partial charge in [0, 0.05) is 31.2 Å². The molecule has 2 aliphatic heterocycles. The number of piperidine rings is 1. The molecule has 0 saturated carbocycles. The standard InChI is InChI=1S/C15H19ClN2O/c16-14-6-3-4-12(11-19)15(14)18-9-8-17-7-2-1-5-13(17)10-18/h3-4,6,11,13H,1-2,5,7-10H2. The molecule has 2 saturated heterocycles. The van der Waals surface area contributed by atoms with Gasteiger partial charge in [0.1, 0.15) is 0 Å². The fraction of sp³-hybridized carbons (Fsp3) is 0.533. The number of benzene rings is 1. The topological polar surface area (TPSA) is 23.6 Å². The molecule has 3 nitrogen and oxygen atoms in total. The average molecular weight is 279 g/mol. The van der Waals surface area contributed by atoms with Crippen LogP contribution in [-0.4, -0.2) is 43.4 Å². The summed E-state index contributed by atoms with van der Waals surface area (Å²) in [5, 5.41) is 0.689. The number of para-hydroxylation sites is 1. The summed E-state index contributed by atoms with van der Waals surface area (Å²) in [7, 11) is 0. The number of carbonyl (C=O) groups excluding carboxylic acids is 1. The van der Waals surface area contributed by atoms with E-state index in [0.29, 0.717) is 16.6 Å². The minimum Gasteiger partial charge on any atom is -0.367 e. The number of fused-ring (bicyclic) bond motifs is 1. The van der Waals surface area contributed by atoms with Crippen molar-refractivity contribution in [3.8, 4) is 0 Å². The number of aldehydes is 1. The van der Waals surface area contributed by atoms with Crippen LogP contribution in [0, 0.1) is 0 Å². The molecule has 0 bridgehead atoms. The molecule has 1 atom stereocenters. The predicted octanol–water partition coefficient (Wildman–Crippen LogP) is 2.83. The van der Waals surface area contributed by atoms with E-state index in [9.17, 15) is 4.79 Å². The molecule has 1 aromatic carbocycles. The van der Waals surface area contributed by atoms with Crippen LogP contribution in [0.15, 0.2) is 18.2 Å². The summed E-state index contributed by atoms with van der Waals surface area (Å²) in [5.74, 6) is 0. The summed E-state index contributed by atoms with van der Waals surface area (Å²) in [6, 6.07) is 6.18. The average Bonchev–Trinajstić information content (AvgIpc) is 2.46. The van der Waals surface area contributed by atoms with Gasteiger partial charge in [-0.15, -0.1) is 0 Å². The number of anilines is 1. The van der Waals surface area contributed by atoms with Crippen LogP contribution < -0.4 is 4.90 Å². The lowest BCUT2D eigenvalue weighted by Gasteiger charge is -2.45. The number of halogens is 1. The molecule has 4 heteroatoms. The van der Waals surface area contributed by atoms with Crippen molar-refractivity contribution >= 4 is 23.6 Å². The summed E-state index contributed by atoms with van der Waals surface area (Å²) in [4.78, 5) is 16.1. The number of piperazine rings is 1. The van der Waals surface area contributed by atoms with E-state index in [1.54, 1.807) is 0 Å². The second kappa shape index (κ2) is 5.51. The molecule has 1 unspecified atom stereocenters. The van der Waals surface area contributed by atoms with Gasteiger partial charge in [0.25, 0.3) is 0 Å². The van der Waals surface area contributed by atoms with Crippen LogP contribution in [0.25, 0.3) is 0 Å². The highest BCUT2D eigenvalue weighted by atomic mass is 35.5. The van der Waals surface area contributed by atoms with Crippen LogP contribution in [0.1, 0.15) is 29.6 Å². The van der Waals surface area contributed by atoms with Gasteiger partial charge in [-0.25, -0.2) is 0 Å². The molecule has 0 radical (unpaired) electrons. The second-order valence-electron chi connectivity index (χ2n) is 5.43. The second-order valence-corrected chi connectivity index (χ2v) is 5.83. The van der Waals surface area contributed by atoms with Crippen LogP contribution in [-0.2, 0) is 0 Å². The first-order chi connectivity index (χ1) is 9.29. The summed E-state index contributed by atoms with van der Waals surface area (Å²) in [6.07, 6.45) is 4.81. The van der Waals surface area contributed by atoms with Gasteiger partial charge in [-0.1, -0.05) is 24.1 Å². The van der Waals surface area contributed by atoms with E-state index in [2.05, 4.69) is 9.80 Å². The zero-order chi connectivity index (χ0) is 13.2. The first kappa shape index (κ1) is 12.9. The summed E-state index contributed by atoms with van der Waals surface area (Å²) in [6.45, 7) is 4.25. The number of nitrogens with zero attached hydrogens (tertiary/aromatic N) is 2. The third-order valence-electron chi connectivity index (χ3n) is 4.30. The highest BCUT2D eigenvalue weighted by molar-refractivity contribution is 6.33. The molecule has 2 fully saturated rings. The largest absolute Gasteiger partial charge is 0.367 e. The summed E-state index contributed by atoms with van der Waals surface area (Å²) < 4.78 is 0. The van der Waals surface area contributed by atoms with Crippen molar-refractivity contribution in [1.29, 1.82) is 0 Å². The van der Waals surface area contributed by atoms with Crippen LogP contribution >= 0.6 is 11.6 Å². The zero-order valence-corrected chi connectivity index (χ0v) is 11.8. The predicted molar refractivity (Wildman–Crippen MR) is 78.3 cm³/mol. The Morgan fingerprint density at radius 3 is 2.95 bits per heavy atom. The van der Waals surface area contributed by atoms with Crippen molar-refractivity contribution in [3.05, 3.63) is 28.8 Å². The van der Waals surface area contributed by atoms with E-state index in [1.165, 1.54) is 25.8 Å². The van der Waals surface area contributed by atoms with E-state index in [0.717, 1.165) is 31.6 Å². The molecular weight excluding hydrogens is 260 g/mol. The van der Waals surface area contributed by atoms with E-state index in [1.807, 2.05) is 18.2 Å². The Bertz CT molecular complexity index is 477. The Hall–Kier alpha value is -1.06. The van der Waals surface area contributed by atoms with E-state index >= 15 is 0 Å². The highest BCUT2D eigenvalue weighted by Crippen LogP contribution is 2.32. The zero-order valence-electron chi connectivity index (χ0n) is 11.0. The Labute approximate surface area is 119 Å². The van der Waals surface area contributed by atoms with Gasteiger partial charge in [-0.05, 0) is 31.5 Å². The Morgan fingerprint density at radius 1 is 1.21 bits per heavy atom. The Kier molecular flexibility index (Phi) is 3.76. The molecule has 2 heterocycles. The quantitative estimate of drug-likeness (QED) is 0.777. The van der Waals surface area contributed by atoms with Gasteiger partial charge in [0.15, 0.2) is 6.29 Å². The van der Waals surface area contributed by atoms with Crippen LogP contribution in [0.5, 0.6) is 0 Å². The normalized spacial score (nSPS) is 24.1. The maximum Gasteiger partial charge on any atom is 0.152 e. The van der Waals surface area contributed by atoms with Gasteiger partial charge in [0.05, 0.1) is 10.7 Å². The van der Waals surface area contributed by atoms with Crippen LogP contribution in [0.3, 0.4) is 0 Å². The first-order valence-corrected chi connectivity index (χ1v) is 7.40. The fourth-order valence-corrected chi connectivity index (χ4v) is 3.62.